The van der Waals surface area contributed by atoms with Crippen LogP contribution in [0.15, 0.2) is 23.6 Å². The summed E-state index contributed by atoms with van der Waals surface area (Å²) in [7, 11) is 0. The molecule has 1 unspecified atom stereocenters. The van der Waals surface area contributed by atoms with E-state index in [1.807, 2.05) is 18.4 Å². The van der Waals surface area contributed by atoms with Crippen LogP contribution in [0.4, 0.5) is 4.39 Å². The Morgan fingerprint density at radius 1 is 1.44 bits per heavy atom. The van der Waals surface area contributed by atoms with Gasteiger partial charge in [-0.3, -0.25) is 0 Å². The summed E-state index contributed by atoms with van der Waals surface area (Å²) in [6.07, 6.45) is 0. The van der Waals surface area contributed by atoms with Gasteiger partial charge in [0, 0.05) is 17.0 Å². The Morgan fingerprint density at radius 2 is 2.22 bits per heavy atom. The Hall–Kier alpha value is -1.26. The predicted molar refractivity (Wildman–Crippen MR) is 74.3 cm³/mol. The molecular formula is C14H17FN2S. The summed E-state index contributed by atoms with van der Waals surface area (Å²) in [6, 6.07) is 5.45. The minimum absolute atomic E-state index is 0.202. The Bertz CT molecular complexity index is 536. The van der Waals surface area contributed by atoms with Crippen LogP contribution < -0.4 is 5.32 Å². The first kappa shape index (κ1) is 13.2. The van der Waals surface area contributed by atoms with Crippen molar-refractivity contribution in [2.45, 2.75) is 26.8 Å². The van der Waals surface area contributed by atoms with Crippen LogP contribution in [-0.4, -0.2) is 11.5 Å². The minimum atomic E-state index is -0.202. The Balaban J connectivity index is 2.29. The lowest BCUT2D eigenvalue weighted by atomic mass is 10.1. The molecule has 4 heteroatoms. The van der Waals surface area contributed by atoms with Crippen LogP contribution >= 0.6 is 11.3 Å². The van der Waals surface area contributed by atoms with Crippen LogP contribution in [-0.2, 0) is 0 Å². The summed E-state index contributed by atoms with van der Waals surface area (Å²) in [5, 5.41) is 6.03. The molecule has 0 spiro atoms. The molecule has 1 heterocycles. The third kappa shape index (κ3) is 2.76. The molecule has 2 nitrogen and oxygen atoms in total. The monoisotopic (exact) mass is 264 g/mol. The molecule has 18 heavy (non-hydrogen) atoms. The quantitative estimate of drug-likeness (QED) is 0.905. The number of aryl methyl sites for hydroxylation is 1. The molecule has 1 atom stereocenters. The maximum absolute atomic E-state index is 13.8. The van der Waals surface area contributed by atoms with Gasteiger partial charge >= 0.3 is 0 Å². The molecular weight excluding hydrogens is 247 g/mol. The van der Waals surface area contributed by atoms with Crippen molar-refractivity contribution in [3.8, 4) is 10.6 Å². The summed E-state index contributed by atoms with van der Waals surface area (Å²) in [5.41, 5.74) is 2.48. The number of hydrogen-bond acceptors (Lipinski definition) is 3. The number of thiazole rings is 1. The van der Waals surface area contributed by atoms with Crippen molar-refractivity contribution < 1.29 is 4.39 Å². The second-order valence-corrected chi connectivity index (χ2v) is 5.20. The van der Waals surface area contributed by atoms with E-state index >= 15 is 0 Å². The van der Waals surface area contributed by atoms with E-state index in [2.05, 4.69) is 24.1 Å². The molecule has 0 bridgehead atoms. The van der Waals surface area contributed by atoms with Crippen LogP contribution in [0, 0.1) is 12.7 Å². The van der Waals surface area contributed by atoms with E-state index in [0.29, 0.717) is 5.56 Å². The maximum atomic E-state index is 13.8. The molecule has 0 aliphatic carbocycles. The molecule has 0 saturated carbocycles. The largest absolute Gasteiger partial charge is 0.309 e. The van der Waals surface area contributed by atoms with Crippen molar-refractivity contribution in [1.29, 1.82) is 0 Å². The fourth-order valence-corrected chi connectivity index (χ4v) is 2.75. The third-order valence-electron chi connectivity index (χ3n) is 2.83. The first-order chi connectivity index (χ1) is 8.61. The van der Waals surface area contributed by atoms with Crippen LogP contribution in [0.5, 0.6) is 0 Å². The zero-order valence-corrected chi connectivity index (χ0v) is 11.6. The van der Waals surface area contributed by atoms with Crippen molar-refractivity contribution in [3.63, 3.8) is 0 Å². The van der Waals surface area contributed by atoms with Crippen LogP contribution in [0.3, 0.4) is 0 Å². The molecule has 0 saturated heterocycles. The standard InChI is InChI=1S/C14H17FN2S/c1-4-16-10(3)13-8-18-14(17-13)11-6-5-9(2)7-12(11)15/h5-8,10,16H,4H2,1-3H3. The Kier molecular flexibility index (Phi) is 4.09. The number of rotatable bonds is 4. The topological polar surface area (TPSA) is 24.9 Å². The van der Waals surface area contributed by atoms with Gasteiger partial charge in [-0.15, -0.1) is 11.3 Å². The highest BCUT2D eigenvalue weighted by molar-refractivity contribution is 7.13. The van der Waals surface area contributed by atoms with Crippen molar-refractivity contribution in [2.75, 3.05) is 6.54 Å². The smallest absolute Gasteiger partial charge is 0.133 e. The molecule has 1 aromatic heterocycles. The molecule has 0 radical (unpaired) electrons. The van der Waals surface area contributed by atoms with Gasteiger partial charge < -0.3 is 5.32 Å². The molecule has 1 N–H and O–H groups in total. The van der Waals surface area contributed by atoms with Crippen LogP contribution in [0.2, 0.25) is 0 Å². The molecule has 1 aromatic carbocycles. The van der Waals surface area contributed by atoms with Gasteiger partial charge in [0.2, 0.25) is 0 Å². The number of halogens is 1. The van der Waals surface area contributed by atoms with Gasteiger partial charge in [-0.1, -0.05) is 13.0 Å². The Morgan fingerprint density at radius 3 is 2.89 bits per heavy atom. The number of benzene rings is 1. The van der Waals surface area contributed by atoms with Gasteiger partial charge in [0.1, 0.15) is 10.8 Å². The summed E-state index contributed by atoms with van der Waals surface area (Å²) >= 11 is 1.49. The molecule has 2 aromatic rings. The first-order valence-corrected chi connectivity index (χ1v) is 6.95. The van der Waals surface area contributed by atoms with Gasteiger partial charge in [0.25, 0.3) is 0 Å². The zero-order valence-electron chi connectivity index (χ0n) is 10.8. The normalized spacial score (nSPS) is 12.7. The van der Waals surface area contributed by atoms with E-state index in [1.165, 1.54) is 11.3 Å². The molecule has 0 aliphatic heterocycles. The fraction of sp³-hybridized carbons (Fsp3) is 0.357. The van der Waals surface area contributed by atoms with E-state index in [-0.39, 0.29) is 11.9 Å². The van der Waals surface area contributed by atoms with Crippen molar-refractivity contribution >= 4 is 11.3 Å². The summed E-state index contributed by atoms with van der Waals surface area (Å²) < 4.78 is 13.8. The number of nitrogens with one attached hydrogen (secondary N) is 1. The van der Waals surface area contributed by atoms with Crippen molar-refractivity contribution in [3.05, 3.63) is 40.7 Å². The summed E-state index contributed by atoms with van der Waals surface area (Å²) in [4.78, 5) is 4.51. The summed E-state index contributed by atoms with van der Waals surface area (Å²) in [6.45, 7) is 6.90. The van der Waals surface area contributed by atoms with Crippen LogP contribution in [0.1, 0.15) is 31.1 Å². The molecule has 0 fully saturated rings. The zero-order chi connectivity index (χ0) is 13.1. The van der Waals surface area contributed by atoms with Crippen molar-refractivity contribution in [2.24, 2.45) is 0 Å². The van der Waals surface area contributed by atoms with Gasteiger partial charge in [-0.25, -0.2) is 9.37 Å². The van der Waals surface area contributed by atoms with E-state index in [9.17, 15) is 4.39 Å². The van der Waals surface area contributed by atoms with Crippen molar-refractivity contribution in [1.82, 2.24) is 10.3 Å². The van der Waals surface area contributed by atoms with E-state index in [1.54, 1.807) is 12.1 Å². The lowest BCUT2D eigenvalue weighted by Crippen LogP contribution is -2.17. The predicted octanol–water partition coefficient (Wildman–Crippen LogP) is 3.93. The second kappa shape index (κ2) is 5.59. The lowest BCUT2D eigenvalue weighted by molar-refractivity contribution is 0.586. The number of aromatic nitrogens is 1. The van der Waals surface area contributed by atoms with E-state index in [4.69, 9.17) is 0 Å². The second-order valence-electron chi connectivity index (χ2n) is 4.34. The van der Waals surface area contributed by atoms with Gasteiger partial charge in [0.15, 0.2) is 0 Å². The van der Waals surface area contributed by atoms with Gasteiger partial charge in [-0.05, 0) is 38.1 Å². The molecule has 0 amide bonds. The lowest BCUT2D eigenvalue weighted by Gasteiger charge is -2.08. The van der Waals surface area contributed by atoms with Gasteiger partial charge in [-0.2, -0.15) is 0 Å². The Labute approximate surface area is 111 Å². The number of nitrogens with zero attached hydrogens (tertiary/aromatic N) is 1. The molecule has 96 valence electrons. The highest BCUT2D eigenvalue weighted by Crippen LogP contribution is 2.28. The SMILES string of the molecule is CCNC(C)c1csc(-c2ccc(C)cc2F)n1. The van der Waals surface area contributed by atoms with E-state index in [0.717, 1.165) is 22.8 Å². The summed E-state index contributed by atoms with van der Waals surface area (Å²) in [5.74, 6) is -0.202. The average molecular weight is 264 g/mol. The minimum Gasteiger partial charge on any atom is -0.309 e. The maximum Gasteiger partial charge on any atom is 0.133 e. The fourth-order valence-electron chi connectivity index (χ4n) is 1.81. The average Bonchev–Trinajstić information content (AvgIpc) is 2.78. The molecule has 0 aliphatic rings. The van der Waals surface area contributed by atoms with Crippen LogP contribution in [0.25, 0.3) is 10.6 Å². The van der Waals surface area contributed by atoms with Gasteiger partial charge in [0.05, 0.1) is 5.69 Å². The highest BCUT2D eigenvalue weighted by atomic mass is 32.1. The highest BCUT2D eigenvalue weighted by Gasteiger charge is 2.12. The van der Waals surface area contributed by atoms with E-state index < -0.39 is 0 Å². The molecule has 2 rings (SSSR count). The first-order valence-electron chi connectivity index (χ1n) is 6.07. The third-order valence-corrected chi connectivity index (χ3v) is 3.72. The number of hydrogen-bond donors (Lipinski definition) is 1.